The Morgan fingerprint density at radius 3 is 2.79 bits per heavy atom. The van der Waals surface area contributed by atoms with Crippen LogP contribution >= 0.6 is 11.6 Å². The fourth-order valence-corrected chi connectivity index (χ4v) is 1.98. The van der Waals surface area contributed by atoms with Gasteiger partial charge in [-0.25, -0.2) is 0 Å². The topological polar surface area (TPSA) is 41.8 Å². The van der Waals surface area contributed by atoms with Crippen molar-refractivity contribution in [3.8, 4) is 11.5 Å². The SMILES string of the molecule is COc1cccc(N=Cc2cc(C)cc(Cl)c2O)c1. The molecule has 0 aliphatic carbocycles. The fourth-order valence-electron chi connectivity index (χ4n) is 1.69. The molecule has 0 bridgehead atoms. The first-order chi connectivity index (χ1) is 9.10. The van der Waals surface area contributed by atoms with Crippen molar-refractivity contribution >= 4 is 23.5 Å². The number of nitrogens with zero attached hydrogens (tertiary/aromatic N) is 1. The Labute approximate surface area is 117 Å². The zero-order valence-corrected chi connectivity index (χ0v) is 11.5. The number of aliphatic imine (C=N–C) groups is 1. The molecular weight excluding hydrogens is 262 g/mol. The molecule has 2 aromatic carbocycles. The van der Waals surface area contributed by atoms with Crippen molar-refractivity contribution in [2.24, 2.45) is 4.99 Å². The molecule has 0 radical (unpaired) electrons. The predicted octanol–water partition coefficient (Wildman–Crippen LogP) is 4.11. The maximum Gasteiger partial charge on any atom is 0.142 e. The van der Waals surface area contributed by atoms with Crippen LogP contribution in [0.5, 0.6) is 11.5 Å². The lowest BCUT2D eigenvalue weighted by atomic mass is 10.1. The Morgan fingerprint density at radius 2 is 2.05 bits per heavy atom. The Balaban J connectivity index is 2.32. The van der Waals surface area contributed by atoms with E-state index < -0.39 is 0 Å². The third-order valence-corrected chi connectivity index (χ3v) is 2.93. The molecule has 0 amide bonds. The van der Waals surface area contributed by atoms with Gasteiger partial charge in [0, 0.05) is 17.8 Å². The minimum absolute atomic E-state index is 0.0407. The van der Waals surface area contributed by atoms with E-state index in [0.29, 0.717) is 10.6 Å². The Kier molecular flexibility index (Phi) is 4.07. The van der Waals surface area contributed by atoms with E-state index in [1.165, 1.54) is 0 Å². The van der Waals surface area contributed by atoms with E-state index in [1.54, 1.807) is 19.4 Å². The number of aryl methyl sites for hydroxylation is 1. The van der Waals surface area contributed by atoms with E-state index in [9.17, 15) is 5.11 Å². The van der Waals surface area contributed by atoms with Crippen LogP contribution in [0, 0.1) is 6.92 Å². The van der Waals surface area contributed by atoms with Gasteiger partial charge in [-0.3, -0.25) is 4.99 Å². The maximum atomic E-state index is 9.85. The molecule has 0 saturated heterocycles. The molecule has 19 heavy (non-hydrogen) atoms. The number of hydrogen-bond donors (Lipinski definition) is 1. The first-order valence-electron chi connectivity index (χ1n) is 5.77. The number of phenols is 1. The van der Waals surface area contributed by atoms with Gasteiger partial charge in [-0.05, 0) is 36.8 Å². The van der Waals surface area contributed by atoms with Gasteiger partial charge in [-0.15, -0.1) is 0 Å². The minimum atomic E-state index is 0.0407. The molecule has 0 aliphatic heterocycles. The molecule has 0 spiro atoms. The summed E-state index contributed by atoms with van der Waals surface area (Å²) >= 11 is 5.92. The van der Waals surface area contributed by atoms with Crippen LogP contribution < -0.4 is 4.74 Å². The fraction of sp³-hybridized carbons (Fsp3) is 0.133. The summed E-state index contributed by atoms with van der Waals surface area (Å²) in [5.74, 6) is 0.778. The molecule has 0 atom stereocenters. The number of halogens is 1. The molecule has 0 heterocycles. The summed E-state index contributed by atoms with van der Waals surface area (Å²) < 4.78 is 5.12. The molecular formula is C15H14ClNO2. The van der Waals surface area contributed by atoms with Crippen molar-refractivity contribution in [3.05, 3.63) is 52.5 Å². The van der Waals surface area contributed by atoms with Gasteiger partial charge in [0.15, 0.2) is 0 Å². The molecule has 4 heteroatoms. The first kappa shape index (κ1) is 13.4. The number of ether oxygens (including phenoxy) is 1. The van der Waals surface area contributed by atoms with Crippen LogP contribution in [0.15, 0.2) is 41.4 Å². The summed E-state index contributed by atoms with van der Waals surface area (Å²) in [4.78, 5) is 4.30. The Hall–Kier alpha value is -2.00. The molecule has 2 rings (SSSR count). The molecule has 98 valence electrons. The summed E-state index contributed by atoms with van der Waals surface area (Å²) in [5.41, 5.74) is 2.30. The molecule has 0 aliphatic rings. The molecule has 2 aromatic rings. The van der Waals surface area contributed by atoms with Crippen molar-refractivity contribution in [1.29, 1.82) is 0 Å². The number of aromatic hydroxyl groups is 1. The van der Waals surface area contributed by atoms with Crippen LogP contribution in [-0.4, -0.2) is 18.4 Å². The zero-order valence-electron chi connectivity index (χ0n) is 10.7. The lowest BCUT2D eigenvalue weighted by Gasteiger charge is -2.03. The summed E-state index contributed by atoms with van der Waals surface area (Å²) in [6, 6.07) is 10.9. The summed E-state index contributed by atoms with van der Waals surface area (Å²) in [6.07, 6.45) is 1.59. The number of methoxy groups -OCH3 is 1. The first-order valence-corrected chi connectivity index (χ1v) is 6.15. The second-order valence-corrected chi connectivity index (χ2v) is 4.55. The van der Waals surface area contributed by atoms with Crippen molar-refractivity contribution in [2.75, 3.05) is 7.11 Å². The summed E-state index contributed by atoms with van der Waals surface area (Å²) in [5, 5.41) is 10.2. The lowest BCUT2D eigenvalue weighted by molar-refractivity contribution is 0.415. The van der Waals surface area contributed by atoms with Gasteiger partial charge in [-0.2, -0.15) is 0 Å². The molecule has 1 N–H and O–H groups in total. The highest BCUT2D eigenvalue weighted by atomic mass is 35.5. The van der Waals surface area contributed by atoms with Gasteiger partial charge in [0.1, 0.15) is 11.5 Å². The second kappa shape index (κ2) is 5.76. The van der Waals surface area contributed by atoms with E-state index in [0.717, 1.165) is 17.0 Å². The minimum Gasteiger partial charge on any atom is -0.506 e. The third kappa shape index (κ3) is 3.26. The largest absolute Gasteiger partial charge is 0.506 e. The quantitative estimate of drug-likeness (QED) is 0.857. The van der Waals surface area contributed by atoms with E-state index in [1.807, 2.05) is 37.3 Å². The lowest BCUT2D eigenvalue weighted by Crippen LogP contribution is -1.86. The predicted molar refractivity (Wildman–Crippen MR) is 78.1 cm³/mol. The zero-order chi connectivity index (χ0) is 13.8. The van der Waals surface area contributed by atoms with Crippen LogP contribution in [0.25, 0.3) is 0 Å². The number of rotatable bonds is 3. The molecule has 0 unspecified atom stereocenters. The molecule has 0 fully saturated rings. The Bertz CT molecular complexity index is 624. The van der Waals surface area contributed by atoms with Crippen molar-refractivity contribution in [2.45, 2.75) is 6.92 Å². The molecule has 3 nitrogen and oxygen atoms in total. The van der Waals surface area contributed by atoms with Crippen molar-refractivity contribution in [3.63, 3.8) is 0 Å². The van der Waals surface area contributed by atoms with Gasteiger partial charge in [0.25, 0.3) is 0 Å². The van der Waals surface area contributed by atoms with Crippen LogP contribution in [0.2, 0.25) is 5.02 Å². The number of hydrogen-bond acceptors (Lipinski definition) is 3. The normalized spacial score (nSPS) is 10.9. The van der Waals surface area contributed by atoms with Gasteiger partial charge in [-0.1, -0.05) is 17.7 Å². The van der Waals surface area contributed by atoms with Gasteiger partial charge < -0.3 is 9.84 Å². The van der Waals surface area contributed by atoms with Gasteiger partial charge >= 0.3 is 0 Å². The highest BCUT2D eigenvalue weighted by molar-refractivity contribution is 6.32. The van der Waals surface area contributed by atoms with Crippen LogP contribution in [0.1, 0.15) is 11.1 Å². The highest BCUT2D eigenvalue weighted by Crippen LogP contribution is 2.28. The summed E-state index contributed by atoms with van der Waals surface area (Å²) in [7, 11) is 1.61. The van der Waals surface area contributed by atoms with Crippen LogP contribution in [0.4, 0.5) is 5.69 Å². The summed E-state index contributed by atoms with van der Waals surface area (Å²) in [6.45, 7) is 1.91. The highest BCUT2D eigenvalue weighted by Gasteiger charge is 2.04. The third-order valence-electron chi connectivity index (χ3n) is 2.64. The van der Waals surface area contributed by atoms with Crippen molar-refractivity contribution < 1.29 is 9.84 Å². The van der Waals surface area contributed by atoms with Gasteiger partial charge in [0.2, 0.25) is 0 Å². The van der Waals surface area contributed by atoms with E-state index >= 15 is 0 Å². The smallest absolute Gasteiger partial charge is 0.142 e. The van der Waals surface area contributed by atoms with Gasteiger partial charge in [0.05, 0.1) is 17.8 Å². The van der Waals surface area contributed by atoms with Crippen LogP contribution in [-0.2, 0) is 0 Å². The van der Waals surface area contributed by atoms with E-state index in [2.05, 4.69) is 4.99 Å². The van der Waals surface area contributed by atoms with Crippen LogP contribution in [0.3, 0.4) is 0 Å². The van der Waals surface area contributed by atoms with Crippen molar-refractivity contribution in [1.82, 2.24) is 0 Å². The molecule has 0 aromatic heterocycles. The monoisotopic (exact) mass is 275 g/mol. The van der Waals surface area contributed by atoms with E-state index in [4.69, 9.17) is 16.3 Å². The standard InChI is InChI=1S/C15H14ClNO2/c1-10-6-11(15(18)14(16)7-10)9-17-12-4-3-5-13(8-12)19-2/h3-9,18H,1-2H3. The average Bonchev–Trinajstić information content (AvgIpc) is 2.41. The maximum absolute atomic E-state index is 9.85. The second-order valence-electron chi connectivity index (χ2n) is 4.14. The molecule has 0 saturated carbocycles. The average molecular weight is 276 g/mol. The van der Waals surface area contributed by atoms with E-state index in [-0.39, 0.29) is 5.75 Å². The number of benzene rings is 2. The Morgan fingerprint density at radius 1 is 1.26 bits per heavy atom. The number of phenolic OH excluding ortho intramolecular Hbond substituents is 1.